The van der Waals surface area contributed by atoms with Gasteiger partial charge in [0.05, 0.1) is 6.20 Å². The molecule has 0 saturated carbocycles. The van der Waals surface area contributed by atoms with Crippen LogP contribution in [-0.2, 0) is 12.0 Å². The molecule has 1 aromatic rings. The van der Waals surface area contributed by atoms with Crippen molar-refractivity contribution in [1.29, 1.82) is 0 Å². The first-order valence-electron chi connectivity index (χ1n) is 5.92. The third kappa shape index (κ3) is 6.60. The molecule has 3 N–H and O–H groups in total. The summed E-state index contributed by atoms with van der Waals surface area (Å²) in [5, 5.41) is 2.95. The number of nitrogens with two attached hydrogens (primary N) is 1. The number of hydrogen-bond acceptors (Lipinski definition) is 3. The third-order valence-corrected chi connectivity index (χ3v) is 2.25. The Hall–Kier alpha value is -1.05. The first-order valence-corrected chi connectivity index (χ1v) is 5.92. The van der Waals surface area contributed by atoms with Gasteiger partial charge < -0.3 is 15.5 Å². The highest BCUT2D eigenvalue weighted by molar-refractivity contribution is 14.0. The first kappa shape index (κ1) is 17.9. The number of oxazole rings is 1. The Labute approximate surface area is 131 Å². The topological polar surface area (TPSA) is 76.4 Å². The highest BCUT2D eigenvalue weighted by atomic mass is 127. The molecule has 0 unspecified atom stereocenters. The van der Waals surface area contributed by atoms with Crippen LogP contribution >= 0.6 is 24.0 Å². The Balaban J connectivity index is 0.00000324. The quantitative estimate of drug-likeness (QED) is 0.366. The molecule has 6 heteroatoms. The molecule has 0 bridgehead atoms. The van der Waals surface area contributed by atoms with Crippen LogP contribution in [0, 0.1) is 0 Å². The van der Waals surface area contributed by atoms with Gasteiger partial charge in [0, 0.05) is 12.0 Å². The van der Waals surface area contributed by atoms with Crippen LogP contribution in [0.3, 0.4) is 0 Å². The van der Waals surface area contributed by atoms with Crippen LogP contribution in [0.4, 0.5) is 0 Å². The zero-order valence-corrected chi connectivity index (χ0v) is 14.3. The normalized spacial score (nSPS) is 11.9. The molecule has 0 aliphatic rings. The summed E-state index contributed by atoms with van der Waals surface area (Å²) in [7, 11) is 0. The fourth-order valence-electron chi connectivity index (χ4n) is 1.18. The van der Waals surface area contributed by atoms with Crippen molar-refractivity contribution in [2.45, 2.75) is 39.7 Å². The fraction of sp³-hybridized carbons (Fsp3) is 0.538. The molecule has 19 heavy (non-hydrogen) atoms. The van der Waals surface area contributed by atoms with Gasteiger partial charge in [-0.1, -0.05) is 32.9 Å². The van der Waals surface area contributed by atoms with Crippen LogP contribution in [0.1, 0.15) is 39.3 Å². The molecule has 0 spiro atoms. The summed E-state index contributed by atoms with van der Waals surface area (Å²) >= 11 is 0. The van der Waals surface area contributed by atoms with Gasteiger partial charge in [-0.05, 0) is 6.92 Å². The average molecular weight is 378 g/mol. The summed E-state index contributed by atoms with van der Waals surface area (Å²) in [5.74, 6) is 1.79. The maximum atomic E-state index is 5.69. The molecule has 1 heterocycles. The minimum atomic E-state index is -0.0429. The van der Waals surface area contributed by atoms with E-state index in [0.717, 1.165) is 11.3 Å². The zero-order valence-electron chi connectivity index (χ0n) is 12.0. The lowest BCUT2D eigenvalue weighted by Crippen LogP contribution is -2.32. The molecule has 108 valence electrons. The Morgan fingerprint density at radius 2 is 2.16 bits per heavy atom. The van der Waals surface area contributed by atoms with E-state index in [1.165, 1.54) is 0 Å². The Kier molecular flexibility index (Phi) is 7.10. The molecule has 0 radical (unpaired) electrons. The average Bonchev–Trinajstić information content (AvgIpc) is 2.71. The monoisotopic (exact) mass is 378 g/mol. The van der Waals surface area contributed by atoms with Crippen LogP contribution in [0.5, 0.6) is 0 Å². The van der Waals surface area contributed by atoms with Crippen LogP contribution in [0.15, 0.2) is 27.8 Å². The van der Waals surface area contributed by atoms with Crippen molar-refractivity contribution in [3.63, 3.8) is 0 Å². The molecular weight excluding hydrogens is 355 g/mol. The number of halogens is 1. The largest absolute Gasteiger partial charge is 0.443 e. The maximum absolute atomic E-state index is 5.69. The van der Waals surface area contributed by atoms with Gasteiger partial charge in [0.1, 0.15) is 12.3 Å². The Morgan fingerprint density at radius 1 is 1.53 bits per heavy atom. The van der Waals surface area contributed by atoms with Gasteiger partial charge in [-0.2, -0.15) is 0 Å². The van der Waals surface area contributed by atoms with Crippen molar-refractivity contribution in [3.8, 4) is 0 Å². The van der Waals surface area contributed by atoms with Gasteiger partial charge in [0.2, 0.25) is 5.89 Å². The second-order valence-electron chi connectivity index (χ2n) is 5.38. The standard InChI is InChI=1S/C13H22N4O.HI/c1-9(2)6-16-12(14)17-8-11-15-7-10(18-11)13(3,4)5;/h7H,1,6,8H2,2-5H3,(H3,14,16,17);1H. The van der Waals surface area contributed by atoms with Crippen molar-refractivity contribution >= 4 is 29.9 Å². The Bertz CT molecular complexity index is 446. The van der Waals surface area contributed by atoms with Gasteiger partial charge >= 0.3 is 0 Å². The van der Waals surface area contributed by atoms with E-state index in [0.29, 0.717) is 24.9 Å². The molecular formula is C13H23IN4O. The van der Waals surface area contributed by atoms with Gasteiger partial charge in [0.25, 0.3) is 0 Å². The molecule has 0 atom stereocenters. The van der Waals surface area contributed by atoms with E-state index in [2.05, 4.69) is 42.6 Å². The van der Waals surface area contributed by atoms with Crippen molar-refractivity contribution < 1.29 is 4.42 Å². The van der Waals surface area contributed by atoms with Gasteiger partial charge in [-0.15, -0.1) is 24.0 Å². The zero-order chi connectivity index (χ0) is 13.8. The fourth-order valence-corrected chi connectivity index (χ4v) is 1.18. The van der Waals surface area contributed by atoms with E-state index in [-0.39, 0.29) is 29.4 Å². The van der Waals surface area contributed by atoms with E-state index in [9.17, 15) is 0 Å². The highest BCUT2D eigenvalue weighted by Gasteiger charge is 2.18. The van der Waals surface area contributed by atoms with Crippen LogP contribution in [-0.4, -0.2) is 17.5 Å². The number of hydrogen-bond donors (Lipinski definition) is 2. The predicted octanol–water partition coefficient (Wildman–Crippen LogP) is 2.57. The van der Waals surface area contributed by atoms with Gasteiger partial charge in [-0.25, -0.2) is 9.98 Å². The molecule has 0 aliphatic carbocycles. The van der Waals surface area contributed by atoms with Crippen molar-refractivity contribution in [2.24, 2.45) is 10.7 Å². The lowest BCUT2D eigenvalue weighted by molar-refractivity contribution is 0.383. The number of rotatable bonds is 4. The number of nitrogens with zero attached hydrogens (tertiary/aromatic N) is 2. The van der Waals surface area contributed by atoms with Crippen LogP contribution < -0.4 is 11.1 Å². The Morgan fingerprint density at radius 3 is 2.63 bits per heavy atom. The number of aliphatic imine (C=N–C) groups is 1. The van der Waals surface area contributed by atoms with Crippen molar-refractivity contribution in [2.75, 3.05) is 6.54 Å². The van der Waals surface area contributed by atoms with E-state index in [1.807, 2.05) is 6.92 Å². The van der Waals surface area contributed by atoms with Crippen LogP contribution in [0.2, 0.25) is 0 Å². The SMILES string of the molecule is C=C(C)CNC(N)=NCc1ncc(C(C)(C)C)o1.I. The smallest absolute Gasteiger partial charge is 0.216 e. The van der Waals surface area contributed by atoms with Crippen molar-refractivity contribution in [3.05, 3.63) is 30.0 Å². The van der Waals surface area contributed by atoms with E-state index < -0.39 is 0 Å². The molecule has 0 aliphatic heterocycles. The molecule has 0 fully saturated rings. The van der Waals surface area contributed by atoms with Crippen LogP contribution in [0.25, 0.3) is 0 Å². The second-order valence-corrected chi connectivity index (χ2v) is 5.38. The molecule has 0 aromatic carbocycles. The van der Waals surface area contributed by atoms with Gasteiger partial charge in [-0.3, -0.25) is 0 Å². The van der Waals surface area contributed by atoms with E-state index >= 15 is 0 Å². The number of guanidine groups is 1. The molecule has 0 saturated heterocycles. The van der Waals surface area contributed by atoms with E-state index in [1.54, 1.807) is 6.20 Å². The second kappa shape index (κ2) is 7.52. The minimum Gasteiger partial charge on any atom is -0.443 e. The summed E-state index contributed by atoms with van der Waals surface area (Å²) in [6.07, 6.45) is 1.74. The lowest BCUT2D eigenvalue weighted by Gasteiger charge is -2.12. The maximum Gasteiger partial charge on any atom is 0.216 e. The lowest BCUT2D eigenvalue weighted by atomic mass is 9.94. The summed E-state index contributed by atoms with van der Waals surface area (Å²) in [6, 6.07) is 0. The minimum absolute atomic E-state index is 0. The number of nitrogens with one attached hydrogen (secondary N) is 1. The number of aromatic nitrogens is 1. The molecule has 0 amide bonds. The van der Waals surface area contributed by atoms with Gasteiger partial charge in [0.15, 0.2) is 5.96 Å². The molecule has 1 aromatic heterocycles. The summed E-state index contributed by atoms with van der Waals surface area (Å²) in [5.41, 5.74) is 6.65. The summed E-state index contributed by atoms with van der Waals surface area (Å²) in [4.78, 5) is 8.32. The predicted molar refractivity (Wildman–Crippen MR) is 88.8 cm³/mol. The third-order valence-electron chi connectivity index (χ3n) is 2.25. The first-order chi connectivity index (χ1) is 8.29. The van der Waals surface area contributed by atoms with E-state index in [4.69, 9.17) is 10.2 Å². The summed E-state index contributed by atoms with van der Waals surface area (Å²) in [6.45, 7) is 12.9. The van der Waals surface area contributed by atoms with Crippen molar-refractivity contribution in [1.82, 2.24) is 10.3 Å². The summed E-state index contributed by atoms with van der Waals surface area (Å²) < 4.78 is 5.60. The molecule has 1 rings (SSSR count). The highest BCUT2D eigenvalue weighted by Crippen LogP contribution is 2.22. The molecule has 5 nitrogen and oxygen atoms in total.